The van der Waals surface area contributed by atoms with Crippen LogP contribution >= 0.6 is 0 Å². The second-order valence-electron chi connectivity index (χ2n) is 4.24. The SMILES string of the molecule is CC(O)C(NC(=O)N1CCN(C)C(=O)C1)C(=O)O. The summed E-state index contributed by atoms with van der Waals surface area (Å²) in [6.07, 6.45) is -1.21. The molecule has 1 fully saturated rings. The van der Waals surface area contributed by atoms with Crippen LogP contribution in [0.15, 0.2) is 0 Å². The van der Waals surface area contributed by atoms with Gasteiger partial charge in [-0.3, -0.25) is 4.79 Å². The van der Waals surface area contributed by atoms with Crippen LogP contribution in [0.3, 0.4) is 0 Å². The smallest absolute Gasteiger partial charge is 0.328 e. The van der Waals surface area contributed by atoms with Gasteiger partial charge >= 0.3 is 12.0 Å². The Kier molecular flexibility index (Phi) is 4.49. The number of urea groups is 1. The molecule has 0 aromatic heterocycles. The summed E-state index contributed by atoms with van der Waals surface area (Å²) in [5.41, 5.74) is 0. The van der Waals surface area contributed by atoms with Crippen LogP contribution in [-0.4, -0.2) is 76.7 Å². The number of amides is 3. The molecule has 0 radical (unpaired) electrons. The van der Waals surface area contributed by atoms with Gasteiger partial charge in [0.25, 0.3) is 0 Å². The third kappa shape index (κ3) is 3.33. The molecule has 18 heavy (non-hydrogen) atoms. The van der Waals surface area contributed by atoms with Crippen molar-refractivity contribution in [3.05, 3.63) is 0 Å². The summed E-state index contributed by atoms with van der Waals surface area (Å²) in [7, 11) is 1.63. The van der Waals surface area contributed by atoms with Crippen LogP contribution in [-0.2, 0) is 9.59 Å². The molecule has 1 heterocycles. The maximum absolute atomic E-state index is 11.7. The van der Waals surface area contributed by atoms with Crippen LogP contribution in [0.5, 0.6) is 0 Å². The van der Waals surface area contributed by atoms with E-state index in [2.05, 4.69) is 5.32 Å². The Bertz CT molecular complexity index is 357. The number of aliphatic carboxylic acids is 1. The predicted octanol–water partition coefficient (Wildman–Crippen LogP) is -1.70. The van der Waals surface area contributed by atoms with Crippen molar-refractivity contribution in [2.24, 2.45) is 0 Å². The Balaban J connectivity index is 2.60. The zero-order chi connectivity index (χ0) is 13.9. The predicted molar refractivity (Wildman–Crippen MR) is 60.8 cm³/mol. The lowest BCUT2D eigenvalue weighted by Gasteiger charge is -2.32. The molecule has 0 aromatic rings. The second kappa shape index (κ2) is 5.67. The summed E-state index contributed by atoms with van der Waals surface area (Å²) >= 11 is 0. The van der Waals surface area contributed by atoms with Gasteiger partial charge in [0.2, 0.25) is 5.91 Å². The summed E-state index contributed by atoms with van der Waals surface area (Å²) in [6.45, 7) is 1.92. The molecular weight excluding hydrogens is 242 g/mol. The molecule has 3 N–H and O–H groups in total. The number of nitrogens with zero attached hydrogens (tertiary/aromatic N) is 2. The van der Waals surface area contributed by atoms with Gasteiger partial charge in [-0.2, -0.15) is 0 Å². The third-order valence-electron chi connectivity index (χ3n) is 2.77. The van der Waals surface area contributed by atoms with Crippen molar-refractivity contribution in [2.75, 3.05) is 26.7 Å². The van der Waals surface area contributed by atoms with E-state index in [1.807, 2.05) is 0 Å². The van der Waals surface area contributed by atoms with Crippen molar-refractivity contribution in [1.82, 2.24) is 15.1 Å². The summed E-state index contributed by atoms with van der Waals surface area (Å²) in [4.78, 5) is 36.7. The van der Waals surface area contributed by atoms with Gasteiger partial charge in [-0.1, -0.05) is 0 Å². The van der Waals surface area contributed by atoms with Crippen LogP contribution in [0.4, 0.5) is 4.79 Å². The van der Waals surface area contributed by atoms with Gasteiger partial charge in [-0.25, -0.2) is 9.59 Å². The maximum Gasteiger partial charge on any atom is 0.328 e. The molecule has 8 nitrogen and oxygen atoms in total. The number of piperazine rings is 1. The molecule has 1 rings (SSSR count). The zero-order valence-corrected chi connectivity index (χ0v) is 10.3. The zero-order valence-electron chi connectivity index (χ0n) is 10.3. The molecule has 1 saturated heterocycles. The number of hydrogen-bond acceptors (Lipinski definition) is 4. The van der Waals surface area contributed by atoms with Crippen LogP contribution in [0, 0.1) is 0 Å². The number of aliphatic hydroxyl groups excluding tert-OH is 1. The molecule has 0 saturated carbocycles. The molecule has 0 aliphatic carbocycles. The van der Waals surface area contributed by atoms with Crippen molar-refractivity contribution in [1.29, 1.82) is 0 Å². The normalized spacial score (nSPS) is 19.4. The standard InChI is InChI=1S/C10H17N3O5/c1-6(14)8(9(16)17)11-10(18)13-4-3-12(2)7(15)5-13/h6,8,14H,3-5H2,1-2H3,(H,11,18)(H,16,17). The first-order valence-electron chi connectivity index (χ1n) is 5.53. The van der Waals surface area contributed by atoms with E-state index in [1.54, 1.807) is 7.05 Å². The minimum Gasteiger partial charge on any atom is -0.480 e. The Labute approximate surface area is 104 Å². The van der Waals surface area contributed by atoms with Crippen molar-refractivity contribution < 1.29 is 24.6 Å². The fourth-order valence-corrected chi connectivity index (χ4v) is 1.54. The molecule has 0 aromatic carbocycles. The largest absolute Gasteiger partial charge is 0.480 e. The Hall–Kier alpha value is -1.83. The van der Waals surface area contributed by atoms with E-state index in [4.69, 9.17) is 5.11 Å². The Morgan fingerprint density at radius 1 is 1.39 bits per heavy atom. The van der Waals surface area contributed by atoms with Crippen LogP contribution in [0.1, 0.15) is 6.92 Å². The Morgan fingerprint density at radius 2 is 2.00 bits per heavy atom. The van der Waals surface area contributed by atoms with Crippen LogP contribution in [0.2, 0.25) is 0 Å². The lowest BCUT2D eigenvalue weighted by molar-refractivity contribution is -0.141. The monoisotopic (exact) mass is 259 g/mol. The van der Waals surface area contributed by atoms with Crippen molar-refractivity contribution in [3.8, 4) is 0 Å². The van der Waals surface area contributed by atoms with Gasteiger partial charge in [-0.05, 0) is 6.92 Å². The number of rotatable bonds is 3. The van der Waals surface area contributed by atoms with Gasteiger partial charge in [0, 0.05) is 20.1 Å². The minimum absolute atomic E-state index is 0.0888. The van der Waals surface area contributed by atoms with Crippen molar-refractivity contribution in [2.45, 2.75) is 19.1 Å². The first kappa shape index (κ1) is 14.2. The van der Waals surface area contributed by atoms with E-state index < -0.39 is 24.1 Å². The molecule has 0 bridgehead atoms. The number of likely N-dealkylation sites (N-methyl/N-ethyl adjacent to an activating group) is 1. The first-order chi connectivity index (χ1) is 8.32. The average molecular weight is 259 g/mol. The molecule has 8 heteroatoms. The molecule has 1 aliphatic heterocycles. The summed E-state index contributed by atoms with van der Waals surface area (Å²) in [5, 5.41) is 20.2. The van der Waals surface area contributed by atoms with Crippen LogP contribution in [0.25, 0.3) is 0 Å². The van der Waals surface area contributed by atoms with E-state index in [0.717, 1.165) is 0 Å². The van der Waals surface area contributed by atoms with Crippen molar-refractivity contribution in [3.63, 3.8) is 0 Å². The van der Waals surface area contributed by atoms with Crippen LogP contribution < -0.4 is 5.32 Å². The maximum atomic E-state index is 11.7. The topological polar surface area (TPSA) is 110 Å². The first-order valence-corrected chi connectivity index (χ1v) is 5.53. The summed E-state index contributed by atoms with van der Waals surface area (Å²) in [6, 6.07) is -2.04. The van der Waals surface area contributed by atoms with Gasteiger partial charge in [-0.15, -0.1) is 0 Å². The average Bonchev–Trinajstić information content (AvgIpc) is 2.28. The number of carboxylic acid groups (broad SMARTS) is 1. The third-order valence-corrected chi connectivity index (χ3v) is 2.77. The van der Waals surface area contributed by atoms with E-state index in [9.17, 15) is 19.5 Å². The molecule has 1 aliphatic rings. The highest BCUT2D eigenvalue weighted by Crippen LogP contribution is 2.03. The van der Waals surface area contributed by atoms with E-state index in [-0.39, 0.29) is 12.5 Å². The quantitative estimate of drug-likeness (QED) is 0.560. The summed E-state index contributed by atoms with van der Waals surface area (Å²) in [5.74, 6) is -1.53. The van der Waals surface area contributed by atoms with Gasteiger partial charge < -0.3 is 25.3 Å². The fourth-order valence-electron chi connectivity index (χ4n) is 1.54. The van der Waals surface area contributed by atoms with E-state index in [0.29, 0.717) is 13.1 Å². The lowest BCUT2D eigenvalue weighted by atomic mass is 10.2. The highest BCUT2D eigenvalue weighted by molar-refractivity contribution is 5.87. The number of hydrogen-bond donors (Lipinski definition) is 3. The van der Waals surface area contributed by atoms with E-state index >= 15 is 0 Å². The molecule has 2 atom stereocenters. The Morgan fingerprint density at radius 3 is 2.44 bits per heavy atom. The highest BCUT2D eigenvalue weighted by Gasteiger charge is 2.30. The molecular formula is C10H17N3O5. The highest BCUT2D eigenvalue weighted by atomic mass is 16.4. The van der Waals surface area contributed by atoms with Gasteiger partial charge in [0.1, 0.15) is 6.54 Å². The lowest BCUT2D eigenvalue weighted by Crippen LogP contribution is -2.57. The van der Waals surface area contributed by atoms with Gasteiger partial charge in [0.15, 0.2) is 6.04 Å². The number of aliphatic hydroxyl groups is 1. The number of nitrogens with one attached hydrogen (secondary N) is 1. The minimum atomic E-state index is -1.38. The molecule has 102 valence electrons. The molecule has 0 spiro atoms. The van der Waals surface area contributed by atoms with E-state index in [1.165, 1.54) is 16.7 Å². The fraction of sp³-hybridized carbons (Fsp3) is 0.700. The molecule has 3 amide bonds. The second-order valence-corrected chi connectivity index (χ2v) is 4.24. The van der Waals surface area contributed by atoms with Gasteiger partial charge in [0.05, 0.1) is 6.10 Å². The molecule has 2 unspecified atom stereocenters. The van der Waals surface area contributed by atoms with Crippen molar-refractivity contribution >= 4 is 17.9 Å². The number of carbonyl (C=O) groups is 3. The number of carbonyl (C=O) groups excluding carboxylic acids is 2. The summed E-state index contributed by atoms with van der Waals surface area (Å²) < 4.78 is 0. The number of carboxylic acids is 1.